The van der Waals surface area contributed by atoms with Crippen LogP contribution in [0.4, 0.5) is 0 Å². The van der Waals surface area contributed by atoms with Crippen LogP contribution in [0.2, 0.25) is 0 Å². The average molecular weight is 594 g/mol. The molecule has 5 aromatic carbocycles. The first-order chi connectivity index (χ1) is 21.1. The van der Waals surface area contributed by atoms with Crippen molar-refractivity contribution < 1.29 is 0 Å². The lowest BCUT2D eigenvalue weighted by molar-refractivity contribution is -0.0588. The second kappa shape index (κ2) is 9.52. The maximum Gasteiger partial charge on any atom is 0.0496 e. The molecule has 6 aromatic rings. The summed E-state index contributed by atoms with van der Waals surface area (Å²) in [6.45, 7) is 0. The van der Waals surface area contributed by atoms with Gasteiger partial charge >= 0.3 is 0 Å². The molecule has 0 aliphatic heterocycles. The van der Waals surface area contributed by atoms with Gasteiger partial charge in [0.1, 0.15) is 0 Å². The maximum absolute atomic E-state index is 6.68. The lowest BCUT2D eigenvalue weighted by Gasteiger charge is -2.63. The quantitative estimate of drug-likeness (QED) is 0.181. The summed E-state index contributed by atoms with van der Waals surface area (Å²) < 4.78 is 2.81. The predicted molar refractivity (Wildman–Crippen MR) is 186 cm³/mol. The lowest BCUT2D eigenvalue weighted by Crippen LogP contribution is -2.58. The van der Waals surface area contributed by atoms with Gasteiger partial charge in [0.15, 0.2) is 0 Å². The zero-order valence-corrected chi connectivity index (χ0v) is 26.1. The number of hydrogen-bond acceptors (Lipinski definition) is 1. The molecule has 4 saturated carbocycles. The van der Waals surface area contributed by atoms with Crippen molar-refractivity contribution in [2.75, 3.05) is 0 Å². The highest BCUT2D eigenvalue weighted by molar-refractivity contribution is 8.25. The van der Waals surface area contributed by atoms with Crippen LogP contribution in [0.15, 0.2) is 133 Å². The van der Waals surface area contributed by atoms with Crippen LogP contribution in [0.3, 0.4) is 0 Å². The van der Waals surface area contributed by atoms with E-state index >= 15 is 0 Å². The van der Waals surface area contributed by atoms with Crippen molar-refractivity contribution in [2.24, 2.45) is 11.8 Å². The van der Waals surface area contributed by atoms with Gasteiger partial charge in [-0.3, -0.25) is 0 Å². The molecule has 0 amide bonds. The smallest absolute Gasteiger partial charge is 0.0496 e. The third-order valence-corrected chi connectivity index (χ3v) is 16.1. The average Bonchev–Trinajstić information content (AvgIpc) is 3.40. The van der Waals surface area contributed by atoms with Crippen LogP contribution in [0.5, 0.6) is 0 Å². The Hall–Kier alpha value is -3.45. The van der Waals surface area contributed by atoms with Crippen LogP contribution in [-0.2, 0) is 22.8 Å². The summed E-state index contributed by atoms with van der Waals surface area (Å²) in [5, 5.41) is 6.64. The third kappa shape index (κ3) is 3.79. The monoisotopic (exact) mass is 593 g/mol. The highest BCUT2D eigenvalue weighted by Crippen LogP contribution is 2.65. The largest absolute Gasteiger partial charge is 0.334 e. The number of benzene rings is 5. The van der Waals surface area contributed by atoms with Gasteiger partial charge < -0.3 is 4.57 Å². The normalized spacial score (nSPS) is 26.3. The van der Waals surface area contributed by atoms with Crippen molar-refractivity contribution in [1.29, 1.82) is 0 Å². The minimum Gasteiger partial charge on any atom is -0.334 e. The van der Waals surface area contributed by atoms with Crippen LogP contribution in [0.25, 0.3) is 21.8 Å². The number of nitrogens with zero attached hydrogens (tertiary/aromatic N) is 1. The molecule has 3 heteroatoms. The van der Waals surface area contributed by atoms with Crippen molar-refractivity contribution in [1.82, 2.24) is 4.57 Å². The Morgan fingerprint density at radius 3 is 1.53 bits per heavy atom. The Labute approximate surface area is 259 Å². The Morgan fingerprint density at radius 1 is 0.535 bits per heavy atom. The van der Waals surface area contributed by atoms with Crippen molar-refractivity contribution in [2.45, 2.75) is 49.5 Å². The molecule has 4 fully saturated rings. The number of fused-ring (bicyclic) bond motifs is 3. The van der Waals surface area contributed by atoms with Gasteiger partial charge in [-0.05, 0) is 89.4 Å². The molecule has 1 aromatic heterocycles. The van der Waals surface area contributed by atoms with E-state index in [1.54, 1.807) is 0 Å². The van der Waals surface area contributed by atoms with Crippen molar-refractivity contribution >= 4 is 55.6 Å². The Morgan fingerprint density at radius 2 is 1.00 bits per heavy atom. The fourth-order valence-corrected chi connectivity index (χ4v) is 13.7. The fourth-order valence-electron chi connectivity index (χ4n) is 10.00. The van der Waals surface area contributed by atoms with Gasteiger partial charge in [0, 0.05) is 33.4 Å². The van der Waals surface area contributed by atoms with Crippen molar-refractivity contribution in [3.05, 3.63) is 139 Å². The zero-order chi connectivity index (χ0) is 28.6. The first-order valence-corrected chi connectivity index (χ1v) is 18.7. The zero-order valence-electron chi connectivity index (χ0n) is 24.4. The van der Waals surface area contributed by atoms with Crippen LogP contribution < -0.4 is 15.9 Å². The van der Waals surface area contributed by atoms with E-state index in [-0.39, 0.29) is 11.0 Å². The summed E-state index contributed by atoms with van der Waals surface area (Å²) in [7, 11) is 0. The van der Waals surface area contributed by atoms with Gasteiger partial charge in [0.05, 0.1) is 0 Å². The summed E-state index contributed by atoms with van der Waals surface area (Å²) in [5.74, 6) is 1.58. The number of aromatic nitrogens is 1. The molecule has 212 valence electrons. The van der Waals surface area contributed by atoms with Crippen LogP contribution in [0, 0.1) is 11.8 Å². The number of rotatable bonds is 5. The maximum atomic E-state index is 6.68. The van der Waals surface area contributed by atoms with Gasteiger partial charge in [-0.25, -0.2) is 0 Å². The fraction of sp³-hybridized carbons (Fsp3) is 0.250. The van der Waals surface area contributed by atoms with Crippen LogP contribution in [-0.4, -0.2) is 4.57 Å². The van der Waals surface area contributed by atoms with E-state index in [1.807, 2.05) is 0 Å². The van der Waals surface area contributed by atoms with Crippen molar-refractivity contribution in [3.8, 4) is 0 Å². The molecular weight excluding hydrogens is 557 g/mol. The summed E-state index contributed by atoms with van der Waals surface area (Å²) >= 11 is 6.68. The molecule has 43 heavy (non-hydrogen) atoms. The molecule has 10 rings (SSSR count). The lowest BCUT2D eigenvalue weighted by atomic mass is 9.45. The highest BCUT2D eigenvalue weighted by atomic mass is 32.4. The van der Waals surface area contributed by atoms with E-state index < -0.39 is 6.04 Å². The summed E-state index contributed by atoms with van der Waals surface area (Å²) in [6, 6.07) is 47.6. The Balaban J connectivity index is 1.16. The van der Waals surface area contributed by atoms with Gasteiger partial charge in [-0.1, -0.05) is 133 Å². The second-order valence-corrected chi connectivity index (χ2v) is 18.1. The topological polar surface area (TPSA) is 4.93 Å². The highest BCUT2D eigenvalue weighted by Gasteiger charge is 2.59. The summed E-state index contributed by atoms with van der Waals surface area (Å²) in [6.07, 6.45) is 7.92. The summed E-state index contributed by atoms with van der Waals surface area (Å²) in [5.41, 5.74) is 4.79. The minimum absolute atomic E-state index is 0.175. The van der Waals surface area contributed by atoms with Gasteiger partial charge in [0.2, 0.25) is 0 Å². The van der Waals surface area contributed by atoms with Gasteiger partial charge in [-0.2, -0.15) is 0 Å². The van der Waals surface area contributed by atoms with E-state index in [9.17, 15) is 0 Å². The molecule has 0 saturated heterocycles. The predicted octanol–water partition coefficient (Wildman–Crippen LogP) is 8.80. The van der Waals surface area contributed by atoms with E-state index in [2.05, 4.69) is 138 Å². The van der Waals surface area contributed by atoms with E-state index in [0.717, 1.165) is 11.8 Å². The van der Waals surface area contributed by atoms with Crippen LogP contribution in [0.1, 0.15) is 44.1 Å². The Kier molecular flexibility index (Phi) is 5.76. The molecule has 2 atom stereocenters. The molecule has 4 aliphatic carbocycles. The molecule has 1 nitrogen and oxygen atoms in total. The Bertz CT molecular complexity index is 1910. The molecule has 4 aliphatic rings. The van der Waals surface area contributed by atoms with Gasteiger partial charge in [0.25, 0.3) is 0 Å². The van der Waals surface area contributed by atoms with E-state index in [0.29, 0.717) is 0 Å². The molecule has 0 spiro atoms. The molecular formula is C40H36NPS. The minimum atomic E-state index is -2.15. The first kappa shape index (κ1) is 26.0. The van der Waals surface area contributed by atoms with E-state index in [4.69, 9.17) is 11.8 Å². The van der Waals surface area contributed by atoms with Crippen molar-refractivity contribution in [3.63, 3.8) is 0 Å². The summed E-state index contributed by atoms with van der Waals surface area (Å²) in [4.78, 5) is 0. The van der Waals surface area contributed by atoms with Gasteiger partial charge in [-0.15, -0.1) is 0 Å². The van der Waals surface area contributed by atoms with E-state index in [1.165, 1.54) is 81.8 Å². The SMILES string of the molecule is S=P(c1ccccc1)(c1ccccc1)c1ccc(C23CC4CC(C2)CC(n2c5ccccc5c5ccccc52)(C4)C3)cc1. The van der Waals surface area contributed by atoms with Crippen LogP contribution >= 0.6 is 6.04 Å². The number of hydrogen-bond donors (Lipinski definition) is 0. The molecule has 2 unspecified atom stereocenters. The molecule has 0 N–H and O–H groups in total. The molecule has 1 heterocycles. The number of para-hydroxylation sites is 2. The molecule has 4 bridgehead atoms. The second-order valence-electron chi connectivity index (χ2n) is 13.7. The molecule has 0 radical (unpaired) electrons. The first-order valence-electron chi connectivity index (χ1n) is 15.9. The third-order valence-electron chi connectivity index (χ3n) is 11.2. The standard InChI is InChI=1S/C40H36NPS/c43-42(32-11-3-1-4-12-32,33-13-5-2-6-14-33)34-21-19-31(20-22-34)39-24-29-23-30(25-39)27-40(26-29,28-39)41-37-17-9-7-15-35(37)36-16-8-10-18-38(36)41/h1-22,29-30H,23-28H2.